The van der Waals surface area contributed by atoms with Crippen molar-refractivity contribution in [3.63, 3.8) is 0 Å². The predicted molar refractivity (Wildman–Crippen MR) is 89.9 cm³/mol. The van der Waals surface area contributed by atoms with E-state index in [-0.39, 0.29) is 11.6 Å². The van der Waals surface area contributed by atoms with Gasteiger partial charge < -0.3 is 18.7 Å². The topological polar surface area (TPSA) is 94.3 Å². The van der Waals surface area contributed by atoms with Crippen molar-refractivity contribution in [3.8, 4) is 22.3 Å². The van der Waals surface area contributed by atoms with Crippen molar-refractivity contribution >= 4 is 17.2 Å². The van der Waals surface area contributed by atoms with Crippen LogP contribution in [0.2, 0.25) is 0 Å². The lowest BCUT2D eigenvalue weighted by Gasteiger charge is -2.00. The number of nitrogens with one attached hydrogen (secondary N) is 1. The molecule has 25 heavy (non-hydrogen) atoms. The molecule has 4 aromatic heterocycles. The molecule has 8 heteroatoms. The maximum atomic E-state index is 12.2. The van der Waals surface area contributed by atoms with Crippen molar-refractivity contribution in [2.75, 3.05) is 0 Å². The van der Waals surface area contributed by atoms with Gasteiger partial charge in [0.15, 0.2) is 22.2 Å². The average molecular weight is 355 g/mol. The summed E-state index contributed by atoms with van der Waals surface area (Å²) >= 11 is 1.48. The van der Waals surface area contributed by atoms with Crippen LogP contribution in [0.3, 0.4) is 0 Å². The summed E-state index contributed by atoms with van der Waals surface area (Å²) in [5.41, 5.74) is 1.05. The van der Waals surface area contributed by atoms with Crippen molar-refractivity contribution < 1.29 is 18.2 Å². The second-order valence-electron chi connectivity index (χ2n) is 5.24. The summed E-state index contributed by atoms with van der Waals surface area (Å²) in [6, 6.07) is 8.68. The Kier molecular flexibility index (Phi) is 3.95. The minimum absolute atomic E-state index is 0.194. The molecule has 0 saturated heterocycles. The molecule has 0 aliphatic rings. The molecule has 0 aromatic carbocycles. The summed E-state index contributed by atoms with van der Waals surface area (Å²) in [6.45, 7) is 2.25. The van der Waals surface area contributed by atoms with Crippen LogP contribution in [0.1, 0.15) is 21.1 Å². The Labute approximate surface area is 146 Å². The van der Waals surface area contributed by atoms with Crippen LogP contribution in [-0.2, 0) is 6.54 Å². The van der Waals surface area contributed by atoms with Crippen LogP contribution in [0.15, 0.2) is 56.2 Å². The maximum Gasteiger partial charge on any atom is 0.273 e. The number of aromatic nitrogens is 2. The molecule has 1 amide bonds. The Morgan fingerprint density at radius 1 is 1.16 bits per heavy atom. The average Bonchev–Trinajstić information content (AvgIpc) is 3.39. The highest BCUT2D eigenvalue weighted by atomic mass is 32.1. The minimum atomic E-state index is -0.325. The van der Waals surface area contributed by atoms with Crippen molar-refractivity contribution in [1.82, 2.24) is 15.5 Å². The fourth-order valence-corrected chi connectivity index (χ4v) is 3.24. The molecule has 0 aliphatic heterocycles. The molecule has 0 saturated carbocycles. The van der Waals surface area contributed by atoms with Crippen LogP contribution in [-0.4, -0.2) is 16.0 Å². The van der Waals surface area contributed by atoms with E-state index in [1.807, 2.05) is 19.1 Å². The van der Waals surface area contributed by atoms with E-state index in [2.05, 4.69) is 15.5 Å². The minimum Gasteiger partial charge on any atom is -0.462 e. The van der Waals surface area contributed by atoms with Gasteiger partial charge in [-0.1, -0.05) is 5.16 Å². The van der Waals surface area contributed by atoms with Gasteiger partial charge in [-0.15, -0.1) is 11.3 Å². The van der Waals surface area contributed by atoms with Crippen molar-refractivity contribution in [2.45, 2.75) is 13.5 Å². The number of thiazole rings is 1. The van der Waals surface area contributed by atoms with E-state index in [9.17, 15) is 4.79 Å². The molecule has 4 rings (SSSR count). The highest BCUT2D eigenvalue weighted by molar-refractivity contribution is 7.15. The molecule has 0 unspecified atom stereocenters. The zero-order chi connectivity index (χ0) is 17.2. The normalized spacial score (nSPS) is 10.9. The van der Waals surface area contributed by atoms with Crippen LogP contribution < -0.4 is 5.32 Å². The molecule has 0 atom stereocenters. The summed E-state index contributed by atoms with van der Waals surface area (Å²) in [4.78, 5) is 17.7. The number of hydrogen-bond acceptors (Lipinski definition) is 7. The quantitative estimate of drug-likeness (QED) is 0.584. The molecule has 1 N–H and O–H groups in total. The zero-order valence-electron chi connectivity index (χ0n) is 13.2. The lowest BCUT2D eigenvalue weighted by Crippen LogP contribution is -2.22. The molecule has 7 nitrogen and oxygen atoms in total. The zero-order valence-corrected chi connectivity index (χ0v) is 14.0. The molecule has 0 radical (unpaired) electrons. The van der Waals surface area contributed by atoms with Gasteiger partial charge in [-0.2, -0.15) is 0 Å². The van der Waals surface area contributed by atoms with Gasteiger partial charge in [-0.25, -0.2) is 4.98 Å². The fourth-order valence-electron chi connectivity index (χ4n) is 2.27. The lowest BCUT2D eigenvalue weighted by atomic mass is 10.3. The number of nitrogens with zero attached hydrogens (tertiary/aromatic N) is 2. The first-order chi connectivity index (χ1) is 12.2. The summed E-state index contributed by atoms with van der Waals surface area (Å²) in [5.74, 6) is 1.32. The number of carbonyl (C=O) groups excluding carboxylic acids is 1. The Hall–Kier alpha value is -3.13. The Bertz CT molecular complexity index is 983. The number of aryl methyl sites for hydroxylation is 1. The molecule has 4 aromatic rings. The molecular weight excluding hydrogens is 342 g/mol. The summed E-state index contributed by atoms with van der Waals surface area (Å²) < 4.78 is 15.7. The van der Waals surface area contributed by atoms with E-state index in [0.717, 1.165) is 15.6 Å². The lowest BCUT2D eigenvalue weighted by molar-refractivity contribution is 0.0942. The van der Waals surface area contributed by atoms with E-state index in [1.54, 1.807) is 24.5 Å². The largest absolute Gasteiger partial charge is 0.462 e. The molecular formula is C17H13N3O4S. The predicted octanol–water partition coefficient (Wildman–Crippen LogP) is 3.89. The highest BCUT2D eigenvalue weighted by Crippen LogP contribution is 2.28. The van der Waals surface area contributed by atoms with Crippen LogP contribution in [0.25, 0.3) is 22.3 Å². The van der Waals surface area contributed by atoms with Crippen molar-refractivity contribution in [2.24, 2.45) is 0 Å². The number of amides is 1. The molecule has 4 heterocycles. The van der Waals surface area contributed by atoms with Crippen LogP contribution in [0, 0.1) is 6.92 Å². The van der Waals surface area contributed by atoms with Gasteiger partial charge in [0, 0.05) is 10.9 Å². The Balaban J connectivity index is 1.44. The van der Waals surface area contributed by atoms with Gasteiger partial charge in [0.05, 0.1) is 24.8 Å². The van der Waals surface area contributed by atoms with E-state index >= 15 is 0 Å². The second kappa shape index (κ2) is 6.40. The molecule has 0 aliphatic carbocycles. The number of rotatable bonds is 5. The molecule has 126 valence electrons. The van der Waals surface area contributed by atoms with Crippen molar-refractivity contribution in [1.29, 1.82) is 0 Å². The summed E-state index contributed by atoms with van der Waals surface area (Å²) in [6.07, 6.45) is 3.13. The first-order valence-electron chi connectivity index (χ1n) is 7.49. The molecule has 0 spiro atoms. The van der Waals surface area contributed by atoms with Gasteiger partial charge in [0.1, 0.15) is 0 Å². The fraction of sp³-hybridized carbons (Fsp3) is 0.118. The van der Waals surface area contributed by atoms with E-state index in [0.29, 0.717) is 23.8 Å². The smallest absolute Gasteiger partial charge is 0.273 e. The maximum absolute atomic E-state index is 12.2. The third kappa shape index (κ3) is 3.11. The van der Waals surface area contributed by atoms with Crippen LogP contribution >= 0.6 is 11.3 Å². The first kappa shape index (κ1) is 15.4. The summed E-state index contributed by atoms with van der Waals surface area (Å²) in [7, 11) is 0. The number of furan rings is 2. The first-order valence-corrected chi connectivity index (χ1v) is 8.31. The van der Waals surface area contributed by atoms with Gasteiger partial charge >= 0.3 is 0 Å². The number of carbonyl (C=O) groups is 1. The summed E-state index contributed by atoms with van der Waals surface area (Å²) in [5, 5.41) is 7.38. The SMILES string of the molecule is Cc1nc(-c2ccco2)sc1CNC(=O)c1cc(-c2ccco2)on1. The van der Waals surface area contributed by atoms with E-state index in [4.69, 9.17) is 13.4 Å². The molecule has 0 fully saturated rings. The van der Waals surface area contributed by atoms with Gasteiger partial charge in [0.2, 0.25) is 5.76 Å². The molecule has 0 bridgehead atoms. The van der Waals surface area contributed by atoms with Crippen LogP contribution in [0.5, 0.6) is 0 Å². The second-order valence-corrected chi connectivity index (χ2v) is 6.32. The Morgan fingerprint density at radius 2 is 1.92 bits per heavy atom. The van der Waals surface area contributed by atoms with Gasteiger partial charge in [-0.05, 0) is 31.2 Å². The van der Waals surface area contributed by atoms with Gasteiger partial charge in [0.25, 0.3) is 5.91 Å². The van der Waals surface area contributed by atoms with Gasteiger partial charge in [-0.3, -0.25) is 4.79 Å². The third-order valence-corrected chi connectivity index (χ3v) is 4.71. The standard InChI is InChI=1S/C17H13N3O4S/c1-10-15(25-17(19-10)13-5-3-7-23-13)9-18-16(21)11-8-14(24-20-11)12-4-2-6-22-12/h2-8H,9H2,1H3,(H,18,21). The number of hydrogen-bond donors (Lipinski definition) is 1. The highest BCUT2D eigenvalue weighted by Gasteiger charge is 2.17. The van der Waals surface area contributed by atoms with E-state index < -0.39 is 0 Å². The monoisotopic (exact) mass is 355 g/mol. The van der Waals surface area contributed by atoms with Crippen LogP contribution in [0.4, 0.5) is 0 Å². The Morgan fingerprint density at radius 3 is 2.64 bits per heavy atom. The van der Waals surface area contributed by atoms with Crippen molar-refractivity contribution in [3.05, 3.63) is 59.1 Å². The third-order valence-electron chi connectivity index (χ3n) is 3.54. The van der Waals surface area contributed by atoms with E-state index in [1.165, 1.54) is 17.6 Å².